The highest BCUT2D eigenvalue weighted by molar-refractivity contribution is 6.03. The summed E-state index contributed by atoms with van der Waals surface area (Å²) in [6, 6.07) is 7.08. The topological polar surface area (TPSA) is 70.2 Å². The Hall–Kier alpha value is -2.04. The molecule has 2 rings (SSSR count). The van der Waals surface area contributed by atoms with Crippen LogP contribution >= 0.6 is 0 Å². The van der Waals surface area contributed by atoms with E-state index < -0.39 is 0 Å². The summed E-state index contributed by atoms with van der Waals surface area (Å²) in [7, 11) is 0. The molecule has 1 aromatic carbocycles. The summed E-state index contributed by atoms with van der Waals surface area (Å²) in [6.07, 6.45) is 4.41. The zero-order valence-electron chi connectivity index (χ0n) is 12.6. The van der Waals surface area contributed by atoms with Gasteiger partial charge in [-0.1, -0.05) is 25.0 Å². The first-order valence-electron chi connectivity index (χ1n) is 7.53. The second kappa shape index (κ2) is 7.11. The fraction of sp³-hybridized carbons (Fsp3) is 0.500. The largest absolute Gasteiger partial charge is 0.349 e. The third kappa shape index (κ3) is 4.48. The lowest BCUT2D eigenvalue weighted by atomic mass is 10.1. The Labute approximate surface area is 125 Å². The van der Waals surface area contributed by atoms with Gasteiger partial charge >= 0.3 is 6.03 Å². The van der Waals surface area contributed by atoms with Gasteiger partial charge in [-0.3, -0.25) is 4.79 Å². The van der Waals surface area contributed by atoms with Gasteiger partial charge in [-0.15, -0.1) is 0 Å². The molecule has 5 nitrogen and oxygen atoms in total. The maximum absolute atomic E-state index is 12.3. The molecule has 0 atom stereocenters. The van der Waals surface area contributed by atoms with Crippen molar-refractivity contribution in [1.29, 1.82) is 0 Å². The number of urea groups is 1. The van der Waals surface area contributed by atoms with E-state index in [-0.39, 0.29) is 24.0 Å². The van der Waals surface area contributed by atoms with Crippen molar-refractivity contribution >= 4 is 17.6 Å². The molecule has 0 bridgehead atoms. The van der Waals surface area contributed by atoms with Gasteiger partial charge in [-0.2, -0.15) is 0 Å². The molecule has 114 valence electrons. The van der Waals surface area contributed by atoms with E-state index in [0.29, 0.717) is 11.3 Å². The maximum atomic E-state index is 12.3. The van der Waals surface area contributed by atoms with E-state index in [1.807, 2.05) is 13.8 Å². The first-order chi connectivity index (χ1) is 10.1. The van der Waals surface area contributed by atoms with E-state index in [4.69, 9.17) is 0 Å². The molecule has 0 radical (unpaired) electrons. The smallest absolute Gasteiger partial charge is 0.319 e. The van der Waals surface area contributed by atoms with Crippen LogP contribution in [0.5, 0.6) is 0 Å². The lowest BCUT2D eigenvalue weighted by Gasteiger charge is -2.16. The average molecular weight is 289 g/mol. The Morgan fingerprint density at radius 2 is 1.81 bits per heavy atom. The minimum Gasteiger partial charge on any atom is -0.349 e. The van der Waals surface area contributed by atoms with Crippen LogP contribution in [-0.4, -0.2) is 24.0 Å². The van der Waals surface area contributed by atoms with Crippen LogP contribution in [0.25, 0.3) is 0 Å². The van der Waals surface area contributed by atoms with Gasteiger partial charge in [0.2, 0.25) is 0 Å². The first-order valence-corrected chi connectivity index (χ1v) is 7.53. The lowest BCUT2D eigenvalue weighted by molar-refractivity contribution is 0.0939. The number of hydrogen-bond donors (Lipinski definition) is 3. The van der Waals surface area contributed by atoms with Crippen LogP contribution in [-0.2, 0) is 0 Å². The zero-order chi connectivity index (χ0) is 15.2. The van der Waals surface area contributed by atoms with Crippen LogP contribution in [0.1, 0.15) is 49.9 Å². The second-order valence-electron chi connectivity index (χ2n) is 5.75. The predicted molar refractivity (Wildman–Crippen MR) is 83.5 cm³/mol. The molecule has 0 aliphatic heterocycles. The van der Waals surface area contributed by atoms with Gasteiger partial charge < -0.3 is 16.0 Å². The highest BCUT2D eigenvalue weighted by Crippen LogP contribution is 2.20. The number of benzene rings is 1. The predicted octanol–water partition coefficient (Wildman–Crippen LogP) is 2.89. The van der Waals surface area contributed by atoms with Gasteiger partial charge in [0.15, 0.2) is 0 Å². The summed E-state index contributed by atoms with van der Waals surface area (Å²) in [6.45, 7) is 3.77. The van der Waals surface area contributed by atoms with Gasteiger partial charge in [0.1, 0.15) is 0 Å². The van der Waals surface area contributed by atoms with E-state index >= 15 is 0 Å². The molecule has 3 amide bonds. The highest BCUT2D eigenvalue weighted by atomic mass is 16.2. The lowest BCUT2D eigenvalue weighted by Crippen LogP contribution is -2.36. The van der Waals surface area contributed by atoms with Crippen LogP contribution in [0.3, 0.4) is 0 Å². The van der Waals surface area contributed by atoms with Crippen molar-refractivity contribution in [3.63, 3.8) is 0 Å². The fourth-order valence-corrected chi connectivity index (χ4v) is 2.54. The van der Waals surface area contributed by atoms with E-state index in [0.717, 1.165) is 12.8 Å². The van der Waals surface area contributed by atoms with Crippen molar-refractivity contribution < 1.29 is 9.59 Å². The number of hydrogen-bond acceptors (Lipinski definition) is 2. The summed E-state index contributed by atoms with van der Waals surface area (Å²) in [5.41, 5.74) is 1.04. The quantitative estimate of drug-likeness (QED) is 0.797. The van der Waals surface area contributed by atoms with Gasteiger partial charge in [-0.25, -0.2) is 4.79 Å². The maximum Gasteiger partial charge on any atom is 0.319 e. The van der Waals surface area contributed by atoms with Crippen molar-refractivity contribution in [1.82, 2.24) is 10.6 Å². The Morgan fingerprint density at radius 3 is 2.48 bits per heavy atom. The Balaban J connectivity index is 2.05. The van der Waals surface area contributed by atoms with E-state index in [2.05, 4.69) is 16.0 Å². The number of nitrogens with one attached hydrogen (secondary N) is 3. The number of para-hydroxylation sites is 1. The molecule has 0 unspecified atom stereocenters. The molecule has 1 aromatic rings. The molecule has 1 aliphatic rings. The van der Waals surface area contributed by atoms with Crippen molar-refractivity contribution in [2.45, 2.75) is 51.6 Å². The first kappa shape index (κ1) is 15.4. The fourth-order valence-electron chi connectivity index (χ4n) is 2.54. The molecule has 0 aromatic heterocycles. The second-order valence-corrected chi connectivity index (χ2v) is 5.75. The molecule has 1 fully saturated rings. The highest BCUT2D eigenvalue weighted by Gasteiger charge is 2.20. The normalized spacial score (nSPS) is 15.0. The summed E-state index contributed by atoms with van der Waals surface area (Å²) in [4.78, 5) is 24.1. The van der Waals surface area contributed by atoms with Crippen molar-refractivity contribution in [3.8, 4) is 0 Å². The van der Waals surface area contributed by atoms with Crippen molar-refractivity contribution in [2.75, 3.05) is 5.32 Å². The molecule has 3 N–H and O–H groups in total. The molecular formula is C16H23N3O2. The number of anilines is 1. The third-order valence-electron chi connectivity index (χ3n) is 3.53. The summed E-state index contributed by atoms with van der Waals surface area (Å²) in [5, 5.41) is 8.52. The number of carbonyl (C=O) groups excluding carboxylic acids is 2. The Morgan fingerprint density at radius 1 is 1.14 bits per heavy atom. The zero-order valence-corrected chi connectivity index (χ0v) is 12.6. The summed E-state index contributed by atoms with van der Waals surface area (Å²) < 4.78 is 0. The van der Waals surface area contributed by atoms with E-state index in [1.54, 1.807) is 24.3 Å². The number of carbonyl (C=O) groups is 2. The van der Waals surface area contributed by atoms with Crippen LogP contribution in [0, 0.1) is 0 Å². The Bertz CT molecular complexity index is 508. The minimum absolute atomic E-state index is 0.0458. The van der Waals surface area contributed by atoms with Gasteiger partial charge in [0.25, 0.3) is 5.91 Å². The van der Waals surface area contributed by atoms with E-state index in [9.17, 15) is 9.59 Å². The van der Waals surface area contributed by atoms with Gasteiger partial charge in [0.05, 0.1) is 11.3 Å². The molecule has 1 saturated carbocycles. The van der Waals surface area contributed by atoms with Crippen molar-refractivity contribution in [3.05, 3.63) is 29.8 Å². The molecular weight excluding hydrogens is 266 g/mol. The number of amides is 3. The van der Waals surface area contributed by atoms with Crippen LogP contribution in [0.2, 0.25) is 0 Å². The molecule has 0 saturated heterocycles. The molecule has 5 heteroatoms. The van der Waals surface area contributed by atoms with Gasteiger partial charge in [0, 0.05) is 12.1 Å². The van der Waals surface area contributed by atoms with Crippen LogP contribution < -0.4 is 16.0 Å². The van der Waals surface area contributed by atoms with Gasteiger partial charge in [-0.05, 0) is 38.8 Å². The summed E-state index contributed by atoms with van der Waals surface area (Å²) >= 11 is 0. The monoisotopic (exact) mass is 289 g/mol. The SMILES string of the molecule is CC(C)NC(=O)Nc1ccccc1C(=O)NC1CCCC1. The third-order valence-corrected chi connectivity index (χ3v) is 3.53. The molecule has 0 heterocycles. The number of rotatable bonds is 4. The van der Waals surface area contributed by atoms with Crippen LogP contribution in [0.15, 0.2) is 24.3 Å². The van der Waals surface area contributed by atoms with Crippen LogP contribution in [0.4, 0.5) is 10.5 Å². The molecule has 21 heavy (non-hydrogen) atoms. The average Bonchev–Trinajstić information content (AvgIpc) is 2.91. The minimum atomic E-state index is -0.300. The summed E-state index contributed by atoms with van der Waals surface area (Å²) in [5.74, 6) is -0.123. The molecule has 1 aliphatic carbocycles. The van der Waals surface area contributed by atoms with Crippen molar-refractivity contribution in [2.24, 2.45) is 0 Å². The molecule has 0 spiro atoms. The Kier molecular flexibility index (Phi) is 5.20. The standard InChI is InChI=1S/C16H23N3O2/c1-11(2)17-16(21)19-14-10-6-5-9-13(14)15(20)18-12-7-3-4-8-12/h5-6,9-12H,3-4,7-8H2,1-2H3,(H,18,20)(H2,17,19,21). The van der Waals surface area contributed by atoms with E-state index in [1.165, 1.54) is 12.8 Å².